The number of halogens is 3. The third-order valence-electron chi connectivity index (χ3n) is 4.94. The van der Waals surface area contributed by atoms with Crippen molar-refractivity contribution < 1.29 is 32.2 Å². The van der Waals surface area contributed by atoms with Gasteiger partial charge in [0.2, 0.25) is 5.89 Å². The Kier molecular flexibility index (Phi) is 5.91. The van der Waals surface area contributed by atoms with Gasteiger partial charge in [-0.25, -0.2) is 9.78 Å². The first-order chi connectivity index (χ1) is 15.7. The molecule has 5 nitrogen and oxygen atoms in total. The Morgan fingerprint density at radius 3 is 2.21 bits per heavy atom. The maximum Gasteiger partial charge on any atom is 0.416 e. The van der Waals surface area contributed by atoms with Crippen molar-refractivity contribution in [1.29, 1.82) is 0 Å². The van der Waals surface area contributed by atoms with E-state index in [-0.39, 0.29) is 5.89 Å². The molecule has 168 valence electrons. The lowest BCUT2D eigenvalue weighted by Crippen LogP contribution is -2.09. The van der Waals surface area contributed by atoms with Crippen LogP contribution in [0.4, 0.5) is 13.2 Å². The third-order valence-corrected chi connectivity index (χ3v) is 4.94. The van der Waals surface area contributed by atoms with Crippen molar-refractivity contribution in [1.82, 2.24) is 4.98 Å². The van der Waals surface area contributed by atoms with Crippen molar-refractivity contribution >= 4 is 5.97 Å². The van der Waals surface area contributed by atoms with Gasteiger partial charge in [0, 0.05) is 11.1 Å². The first-order valence-corrected chi connectivity index (χ1v) is 9.91. The summed E-state index contributed by atoms with van der Waals surface area (Å²) < 4.78 is 49.3. The molecule has 4 rings (SSSR count). The number of aryl methyl sites for hydroxylation is 1. The smallest absolute Gasteiger partial charge is 0.416 e. The Morgan fingerprint density at radius 1 is 0.939 bits per heavy atom. The van der Waals surface area contributed by atoms with Crippen LogP contribution in [0.2, 0.25) is 0 Å². The van der Waals surface area contributed by atoms with Crippen LogP contribution < -0.4 is 4.74 Å². The Labute approximate surface area is 187 Å². The van der Waals surface area contributed by atoms with Crippen molar-refractivity contribution in [3.05, 3.63) is 84.1 Å². The number of ether oxygens (including phenoxy) is 1. The average Bonchev–Trinajstić information content (AvgIpc) is 3.19. The number of aromatic nitrogens is 1. The largest absolute Gasteiger partial charge is 0.482 e. The van der Waals surface area contributed by atoms with Gasteiger partial charge in [0.1, 0.15) is 17.2 Å². The van der Waals surface area contributed by atoms with Crippen LogP contribution in [-0.2, 0) is 11.0 Å². The van der Waals surface area contributed by atoms with Crippen molar-refractivity contribution in [3.63, 3.8) is 0 Å². The Morgan fingerprint density at radius 2 is 1.58 bits per heavy atom. The van der Waals surface area contributed by atoms with Gasteiger partial charge in [-0.15, -0.1) is 0 Å². The SMILES string of the molecule is Cc1oc(-c2ccc(C(F)(F)F)cc2)nc1-c1ccc(-c2cccc(OCC(=O)O)c2)cc1. The van der Waals surface area contributed by atoms with Crippen molar-refractivity contribution in [2.75, 3.05) is 6.61 Å². The molecule has 8 heteroatoms. The number of carboxylic acids is 1. The number of carboxylic acid groups (broad SMARTS) is 1. The topological polar surface area (TPSA) is 72.6 Å². The van der Waals surface area contributed by atoms with E-state index in [0.29, 0.717) is 22.8 Å². The van der Waals surface area contributed by atoms with E-state index in [9.17, 15) is 18.0 Å². The molecule has 1 aromatic heterocycles. The summed E-state index contributed by atoms with van der Waals surface area (Å²) in [5.74, 6) is 0.182. The molecule has 0 unspecified atom stereocenters. The number of aliphatic carboxylic acids is 1. The van der Waals surface area contributed by atoms with Crippen LogP contribution in [0.25, 0.3) is 33.8 Å². The van der Waals surface area contributed by atoms with Crippen LogP contribution in [0.15, 0.2) is 77.2 Å². The summed E-state index contributed by atoms with van der Waals surface area (Å²) in [6.07, 6.45) is -4.40. The maximum absolute atomic E-state index is 12.8. The molecular formula is C25H18F3NO4. The number of hydrogen-bond donors (Lipinski definition) is 1. The zero-order valence-corrected chi connectivity index (χ0v) is 17.4. The molecule has 0 fully saturated rings. The van der Waals surface area contributed by atoms with Crippen LogP contribution in [0.3, 0.4) is 0 Å². The fraction of sp³-hybridized carbons (Fsp3) is 0.120. The Hall–Kier alpha value is -4.07. The monoisotopic (exact) mass is 453 g/mol. The number of carbonyl (C=O) groups is 1. The maximum atomic E-state index is 12.8. The summed E-state index contributed by atoms with van der Waals surface area (Å²) in [5.41, 5.74) is 2.84. The standard InChI is InChI=1S/C25H18F3NO4/c1-15-23(29-24(33-15)18-9-11-20(12-10-18)25(26,27)28)17-7-5-16(6-8-17)19-3-2-4-21(13-19)32-14-22(30)31/h2-13H,14H2,1H3,(H,30,31). The molecule has 0 atom stereocenters. The Balaban J connectivity index is 1.56. The predicted molar refractivity (Wildman–Crippen MR) is 116 cm³/mol. The molecule has 1 heterocycles. The predicted octanol–water partition coefficient (Wildman–Crippen LogP) is 6.47. The lowest BCUT2D eigenvalue weighted by molar-refractivity contribution is -0.139. The number of oxazole rings is 1. The summed E-state index contributed by atoms with van der Waals surface area (Å²) in [7, 11) is 0. The first kappa shape index (κ1) is 22.1. The molecule has 1 N–H and O–H groups in total. The first-order valence-electron chi connectivity index (χ1n) is 9.91. The number of rotatable bonds is 6. The fourth-order valence-corrected chi connectivity index (χ4v) is 3.32. The van der Waals surface area contributed by atoms with Crippen LogP contribution in [0.1, 0.15) is 11.3 Å². The van der Waals surface area contributed by atoms with E-state index in [4.69, 9.17) is 14.3 Å². The summed E-state index contributed by atoms with van der Waals surface area (Å²) >= 11 is 0. The molecule has 0 radical (unpaired) electrons. The fourth-order valence-electron chi connectivity index (χ4n) is 3.32. The van der Waals surface area contributed by atoms with Gasteiger partial charge in [-0.1, -0.05) is 36.4 Å². The molecule has 33 heavy (non-hydrogen) atoms. The zero-order chi connectivity index (χ0) is 23.6. The lowest BCUT2D eigenvalue weighted by atomic mass is 10.0. The summed E-state index contributed by atoms with van der Waals surface area (Å²) in [5, 5.41) is 8.76. The van der Waals surface area contributed by atoms with Gasteiger partial charge in [-0.05, 0) is 54.4 Å². The minimum atomic E-state index is -4.40. The third kappa shape index (κ3) is 5.06. The normalized spacial score (nSPS) is 11.4. The summed E-state index contributed by atoms with van der Waals surface area (Å²) in [6.45, 7) is 1.32. The molecule has 0 saturated carbocycles. The highest BCUT2D eigenvalue weighted by atomic mass is 19.4. The van der Waals surface area contributed by atoms with Gasteiger partial charge in [-0.3, -0.25) is 0 Å². The highest BCUT2D eigenvalue weighted by Gasteiger charge is 2.30. The number of hydrogen-bond acceptors (Lipinski definition) is 4. The molecule has 0 saturated heterocycles. The molecule has 3 aromatic carbocycles. The van der Waals surface area contributed by atoms with E-state index in [2.05, 4.69) is 4.98 Å². The van der Waals surface area contributed by atoms with E-state index in [1.54, 1.807) is 25.1 Å². The molecule has 0 aliphatic carbocycles. The van der Waals surface area contributed by atoms with Crippen molar-refractivity contribution in [3.8, 4) is 39.6 Å². The van der Waals surface area contributed by atoms with Gasteiger partial charge >= 0.3 is 12.1 Å². The number of nitrogens with zero attached hydrogens (tertiary/aromatic N) is 1. The van der Waals surface area contributed by atoms with E-state index in [1.807, 2.05) is 30.3 Å². The minimum Gasteiger partial charge on any atom is -0.482 e. The van der Waals surface area contributed by atoms with Crippen LogP contribution in [0.5, 0.6) is 5.75 Å². The van der Waals surface area contributed by atoms with E-state index >= 15 is 0 Å². The molecular weight excluding hydrogens is 435 g/mol. The highest BCUT2D eigenvalue weighted by Crippen LogP contribution is 2.33. The molecule has 0 aliphatic rings. The van der Waals surface area contributed by atoms with Crippen molar-refractivity contribution in [2.45, 2.75) is 13.1 Å². The van der Waals surface area contributed by atoms with Crippen LogP contribution in [-0.4, -0.2) is 22.7 Å². The number of alkyl halides is 3. The molecule has 0 bridgehead atoms. The molecule has 0 aliphatic heterocycles. The molecule has 0 amide bonds. The zero-order valence-electron chi connectivity index (χ0n) is 17.4. The highest BCUT2D eigenvalue weighted by molar-refractivity contribution is 5.72. The lowest BCUT2D eigenvalue weighted by Gasteiger charge is -2.07. The molecule has 4 aromatic rings. The van der Waals surface area contributed by atoms with E-state index in [1.165, 1.54) is 12.1 Å². The van der Waals surface area contributed by atoms with Gasteiger partial charge in [0.05, 0.1) is 5.56 Å². The van der Waals surface area contributed by atoms with Gasteiger partial charge in [0.25, 0.3) is 0 Å². The Bertz CT molecular complexity index is 1280. The average molecular weight is 453 g/mol. The minimum absolute atomic E-state index is 0.239. The molecule has 0 spiro atoms. The van der Waals surface area contributed by atoms with Crippen LogP contribution >= 0.6 is 0 Å². The van der Waals surface area contributed by atoms with Gasteiger partial charge in [-0.2, -0.15) is 13.2 Å². The number of benzene rings is 3. The second-order valence-electron chi connectivity index (χ2n) is 7.29. The van der Waals surface area contributed by atoms with Gasteiger partial charge in [0.15, 0.2) is 6.61 Å². The van der Waals surface area contributed by atoms with E-state index < -0.39 is 24.3 Å². The summed E-state index contributed by atoms with van der Waals surface area (Å²) in [6, 6.07) is 19.3. The van der Waals surface area contributed by atoms with E-state index in [0.717, 1.165) is 28.8 Å². The van der Waals surface area contributed by atoms with Crippen LogP contribution in [0, 0.1) is 6.92 Å². The van der Waals surface area contributed by atoms with Gasteiger partial charge < -0.3 is 14.3 Å². The quantitative estimate of drug-likeness (QED) is 0.362. The summed E-state index contributed by atoms with van der Waals surface area (Å²) in [4.78, 5) is 15.2. The second-order valence-corrected chi connectivity index (χ2v) is 7.29. The second kappa shape index (κ2) is 8.82. The van der Waals surface area contributed by atoms with Crippen molar-refractivity contribution in [2.24, 2.45) is 0 Å².